The second-order valence-corrected chi connectivity index (χ2v) is 4.84. The molecule has 2 rings (SSSR count). The number of hydrogen-bond acceptors (Lipinski definition) is 3. The Morgan fingerprint density at radius 1 is 1.56 bits per heavy atom. The van der Waals surface area contributed by atoms with E-state index in [9.17, 15) is 4.79 Å². The lowest BCUT2D eigenvalue weighted by atomic mass is 10.1. The Balaban J connectivity index is 2.24. The lowest BCUT2D eigenvalue weighted by Gasteiger charge is -2.24. The highest BCUT2D eigenvalue weighted by molar-refractivity contribution is 6.31. The van der Waals surface area contributed by atoms with E-state index in [4.69, 9.17) is 16.3 Å². The summed E-state index contributed by atoms with van der Waals surface area (Å²) in [5, 5.41) is 3.79. The molecule has 1 atom stereocenters. The fraction of sp³-hybridized carbons (Fsp3) is 0.462. The summed E-state index contributed by atoms with van der Waals surface area (Å²) in [7, 11) is 3.37. The highest BCUT2D eigenvalue weighted by Crippen LogP contribution is 2.24. The smallest absolute Gasteiger partial charge is 0.257 e. The number of amides is 1. The van der Waals surface area contributed by atoms with Crippen LogP contribution in [0.2, 0.25) is 5.02 Å². The van der Waals surface area contributed by atoms with E-state index in [0.717, 1.165) is 19.5 Å². The SMILES string of the molecule is COc1ccc(Cl)cc1C(=O)N(C)C1CCNC1. The normalized spacial score (nSPS) is 18.7. The van der Waals surface area contributed by atoms with Crippen molar-refractivity contribution in [2.24, 2.45) is 0 Å². The molecule has 1 heterocycles. The molecular formula is C13H17ClN2O2. The zero-order chi connectivity index (χ0) is 13.1. The van der Waals surface area contributed by atoms with E-state index in [-0.39, 0.29) is 11.9 Å². The Morgan fingerprint density at radius 2 is 2.33 bits per heavy atom. The fourth-order valence-corrected chi connectivity index (χ4v) is 2.35. The van der Waals surface area contributed by atoms with Gasteiger partial charge in [-0.25, -0.2) is 0 Å². The van der Waals surface area contributed by atoms with Crippen LogP contribution in [0.25, 0.3) is 0 Å². The minimum absolute atomic E-state index is 0.0527. The van der Waals surface area contributed by atoms with Gasteiger partial charge in [0.25, 0.3) is 5.91 Å². The van der Waals surface area contributed by atoms with Crippen LogP contribution in [-0.4, -0.2) is 44.1 Å². The summed E-state index contributed by atoms with van der Waals surface area (Å²) in [6, 6.07) is 5.33. The monoisotopic (exact) mass is 268 g/mol. The van der Waals surface area contributed by atoms with Crippen molar-refractivity contribution in [3.8, 4) is 5.75 Å². The Hall–Kier alpha value is -1.26. The summed E-state index contributed by atoms with van der Waals surface area (Å²) in [5.41, 5.74) is 0.513. The average Bonchev–Trinajstić information content (AvgIpc) is 2.90. The van der Waals surface area contributed by atoms with Crippen molar-refractivity contribution in [1.29, 1.82) is 0 Å². The van der Waals surface area contributed by atoms with E-state index >= 15 is 0 Å². The number of halogens is 1. The van der Waals surface area contributed by atoms with Crippen molar-refractivity contribution in [3.05, 3.63) is 28.8 Å². The van der Waals surface area contributed by atoms with Gasteiger partial charge in [0.1, 0.15) is 5.75 Å². The number of likely N-dealkylation sites (N-methyl/N-ethyl adjacent to an activating group) is 1. The molecule has 1 amide bonds. The van der Waals surface area contributed by atoms with Crippen LogP contribution in [0.4, 0.5) is 0 Å². The maximum Gasteiger partial charge on any atom is 0.257 e. The van der Waals surface area contributed by atoms with Gasteiger partial charge in [-0.1, -0.05) is 11.6 Å². The topological polar surface area (TPSA) is 41.6 Å². The van der Waals surface area contributed by atoms with Gasteiger partial charge in [-0.15, -0.1) is 0 Å². The number of carbonyl (C=O) groups excluding carboxylic acids is 1. The van der Waals surface area contributed by atoms with Gasteiger partial charge in [0.15, 0.2) is 0 Å². The van der Waals surface area contributed by atoms with Crippen molar-refractivity contribution < 1.29 is 9.53 Å². The third-order valence-corrected chi connectivity index (χ3v) is 3.53. The van der Waals surface area contributed by atoms with E-state index in [1.165, 1.54) is 0 Å². The molecule has 5 heteroatoms. The first-order chi connectivity index (χ1) is 8.63. The lowest BCUT2D eigenvalue weighted by Crippen LogP contribution is -2.38. The number of carbonyl (C=O) groups is 1. The largest absolute Gasteiger partial charge is 0.496 e. The second kappa shape index (κ2) is 5.59. The molecule has 98 valence electrons. The third-order valence-electron chi connectivity index (χ3n) is 3.29. The van der Waals surface area contributed by atoms with E-state index in [1.54, 1.807) is 30.2 Å². The quantitative estimate of drug-likeness (QED) is 0.909. The number of hydrogen-bond donors (Lipinski definition) is 1. The van der Waals surface area contributed by atoms with E-state index in [0.29, 0.717) is 16.3 Å². The highest BCUT2D eigenvalue weighted by atomic mass is 35.5. The fourth-order valence-electron chi connectivity index (χ4n) is 2.17. The third kappa shape index (κ3) is 2.60. The number of rotatable bonds is 3. The van der Waals surface area contributed by atoms with Gasteiger partial charge in [-0.2, -0.15) is 0 Å². The summed E-state index contributed by atoms with van der Waals surface area (Å²) < 4.78 is 5.21. The highest BCUT2D eigenvalue weighted by Gasteiger charge is 2.25. The molecular weight excluding hydrogens is 252 g/mol. The van der Waals surface area contributed by atoms with Gasteiger partial charge in [0.2, 0.25) is 0 Å². The number of nitrogens with zero attached hydrogens (tertiary/aromatic N) is 1. The van der Waals surface area contributed by atoms with Crippen LogP contribution in [0.3, 0.4) is 0 Å². The summed E-state index contributed by atoms with van der Waals surface area (Å²) in [5.74, 6) is 0.505. The molecule has 4 nitrogen and oxygen atoms in total. The molecule has 0 spiro atoms. The lowest BCUT2D eigenvalue weighted by molar-refractivity contribution is 0.0740. The summed E-state index contributed by atoms with van der Waals surface area (Å²) in [6.45, 7) is 1.79. The zero-order valence-corrected chi connectivity index (χ0v) is 11.3. The van der Waals surface area contributed by atoms with Gasteiger partial charge in [-0.3, -0.25) is 4.79 Å². The summed E-state index contributed by atoms with van der Waals surface area (Å²) in [6.07, 6.45) is 0.977. The molecule has 18 heavy (non-hydrogen) atoms. The Kier molecular flexibility index (Phi) is 4.09. The van der Waals surface area contributed by atoms with Crippen molar-refractivity contribution in [2.75, 3.05) is 27.2 Å². The molecule has 1 fully saturated rings. The zero-order valence-electron chi connectivity index (χ0n) is 10.6. The van der Waals surface area contributed by atoms with Crippen LogP contribution < -0.4 is 10.1 Å². The molecule has 1 aliphatic rings. The van der Waals surface area contributed by atoms with Gasteiger partial charge in [0, 0.05) is 24.7 Å². The molecule has 1 aromatic rings. The molecule has 0 aliphatic carbocycles. The number of benzene rings is 1. The molecule has 1 saturated heterocycles. The maximum atomic E-state index is 12.4. The van der Waals surface area contributed by atoms with E-state index < -0.39 is 0 Å². The minimum Gasteiger partial charge on any atom is -0.496 e. The molecule has 1 N–H and O–H groups in total. The predicted octanol–water partition coefficient (Wildman–Crippen LogP) is 1.78. The van der Waals surface area contributed by atoms with Gasteiger partial charge < -0.3 is 15.0 Å². The summed E-state index contributed by atoms with van der Waals surface area (Å²) >= 11 is 5.94. The second-order valence-electron chi connectivity index (χ2n) is 4.41. The number of ether oxygens (including phenoxy) is 1. The Labute approximate surface area is 112 Å². The van der Waals surface area contributed by atoms with Crippen molar-refractivity contribution >= 4 is 17.5 Å². The van der Waals surface area contributed by atoms with Gasteiger partial charge >= 0.3 is 0 Å². The van der Waals surface area contributed by atoms with Gasteiger partial charge in [0.05, 0.1) is 12.7 Å². The van der Waals surface area contributed by atoms with Crippen LogP contribution in [0.1, 0.15) is 16.8 Å². The van der Waals surface area contributed by atoms with E-state index in [1.807, 2.05) is 7.05 Å². The van der Waals surface area contributed by atoms with Crippen LogP contribution >= 0.6 is 11.6 Å². The van der Waals surface area contributed by atoms with Crippen LogP contribution in [0.5, 0.6) is 5.75 Å². The molecule has 0 bridgehead atoms. The Bertz CT molecular complexity index is 445. The molecule has 0 saturated carbocycles. The number of methoxy groups -OCH3 is 1. The molecule has 0 aromatic heterocycles. The van der Waals surface area contributed by atoms with Gasteiger partial charge in [-0.05, 0) is 31.2 Å². The first-order valence-electron chi connectivity index (χ1n) is 5.95. The molecule has 1 aliphatic heterocycles. The van der Waals surface area contributed by atoms with E-state index in [2.05, 4.69) is 5.32 Å². The number of nitrogens with one attached hydrogen (secondary N) is 1. The average molecular weight is 269 g/mol. The molecule has 1 unspecified atom stereocenters. The van der Waals surface area contributed by atoms with Crippen LogP contribution in [0.15, 0.2) is 18.2 Å². The molecule has 0 radical (unpaired) electrons. The predicted molar refractivity (Wildman–Crippen MR) is 71.4 cm³/mol. The maximum absolute atomic E-state index is 12.4. The Morgan fingerprint density at radius 3 is 2.94 bits per heavy atom. The van der Waals surface area contributed by atoms with Crippen molar-refractivity contribution in [2.45, 2.75) is 12.5 Å². The first-order valence-corrected chi connectivity index (χ1v) is 6.32. The standard InChI is InChI=1S/C13H17ClN2O2/c1-16(10-5-6-15-8-10)13(17)11-7-9(14)3-4-12(11)18-2/h3-4,7,10,15H,5-6,8H2,1-2H3. The van der Waals surface area contributed by atoms with Crippen LogP contribution in [0, 0.1) is 0 Å². The molecule has 1 aromatic carbocycles. The first kappa shape index (κ1) is 13.2. The summed E-state index contributed by atoms with van der Waals surface area (Å²) in [4.78, 5) is 14.2. The minimum atomic E-state index is -0.0527. The van der Waals surface area contributed by atoms with Crippen molar-refractivity contribution in [1.82, 2.24) is 10.2 Å². The van der Waals surface area contributed by atoms with Crippen molar-refractivity contribution in [3.63, 3.8) is 0 Å². The van der Waals surface area contributed by atoms with Crippen LogP contribution in [-0.2, 0) is 0 Å².